The fourth-order valence-electron chi connectivity index (χ4n) is 1.67. The van der Waals surface area contributed by atoms with Gasteiger partial charge in [0.1, 0.15) is 0 Å². The third-order valence-electron chi connectivity index (χ3n) is 2.43. The molecule has 13 heavy (non-hydrogen) atoms. The maximum Gasteiger partial charge on any atom is 0.152 e. The van der Waals surface area contributed by atoms with E-state index in [1.54, 1.807) is 0 Å². The summed E-state index contributed by atoms with van der Waals surface area (Å²) in [5.41, 5.74) is 0. The molecule has 0 aromatic carbocycles. The van der Waals surface area contributed by atoms with Crippen molar-refractivity contribution >= 4 is 9.84 Å². The van der Waals surface area contributed by atoms with Gasteiger partial charge in [0.15, 0.2) is 9.84 Å². The lowest BCUT2D eigenvalue weighted by atomic mass is 10.1. The van der Waals surface area contributed by atoms with E-state index >= 15 is 0 Å². The molecule has 0 aliphatic carbocycles. The van der Waals surface area contributed by atoms with Gasteiger partial charge in [0.05, 0.1) is 11.5 Å². The van der Waals surface area contributed by atoms with Crippen LogP contribution in [0, 0.1) is 11.8 Å². The van der Waals surface area contributed by atoms with Crippen LogP contribution in [0.15, 0.2) is 0 Å². The van der Waals surface area contributed by atoms with Crippen LogP contribution in [0.25, 0.3) is 0 Å². The van der Waals surface area contributed by atoms with Gasteiger partial charge in [0.2, 0.25) is 0 Å². The minimum absolute atomic E-state index is 0.174. The Morgan fingerprint density at radius 2 is 2.00 bits per heavy atom. The second-order valence-electron chi connectivity index (χ2n) is 4.46. The standard InChI is InChI=1S/C9H19NO2S/c1-7(2)4-10-9-6-13(11,12)5-8(9)3/h7-10H,4-6H2,1-3H3/t8-,9-/m1/s1. The lowest BCUT2D eigenvalue weighted by Gasteiger charge is -2.16. The molecule has 0 saturated carbocycles. The lowest BCUT2D eigenvalue weighted by Crippen LogP contribution is -2.36. The average Bonchev–Trinajstić information content (AvgIpc) is 2.20. The van der Waals surface area contributed by atoms with Gasteiger partial charge in [-0.1, -0.05) is 20.8 Å². The van der Waals surface area contributed by atoms with Crippen molar-refractivity contribution in [2.45, 2.75) is 26.8 Å². The predicted molar refractivity (Wildman–Crippen MR) is 54.4 cm³/mol. The molecule has 1 aliphatic heterocycles. The molecule has 0 aromatic rings. The van der Waals surface area contributed by atoms with E-state index in [1.165, 1.54) is 0 Å². The normalized spacial score (nSPS) is 32.6. The smallest absolute Gasteiger partial charge is 0.152 e. The van der Waals surface area contributed by atoms with E-state index in [0.717, 1.165) is 6.54 Å². The van der Waals surface area contributed by atoms with E-state index in [2.05, 4.69) is 19.2 Å². The summed E-state index contributed by atoms with van der Waals surface area (Å²) >= 11 is 0. The fourth-order valence-corrected chi connectivity index (χ4v) is 3.83. The van der Waals surface area contributed by atoms with Crippen molar-refractivity contribution in [1.29, 1.82) is 0 Å². The molecule has 0 unspecified atom stereocenters. The second-order valence-corrected chi connectivity index (χ2v) is 6.62. The van der Waals surface area contributed by atoms with Gasteiger partial charge in [-0.25, -0.2) is 8.42 Å². The van der Waals surface area contributed by atoms with Crippen LogP contribution >= 0.6 is 0 Å². The highest BCUT2D eigenvalue weighted by atomic mass is 32.2. The van der Waals surface area contributed by atoms with E-state index in [-0.39, 0.29) is 12.0 Å². The number of nitrogens with one attached hydrogen (secondary N) is 1. The summed E-state index contributed by atoms with van der Waals surface area (Å²) in [6.45, 7) is 7.16. The third-order valence-corrected chi connectivity index (χ3v) is 4.33. The molecule has 4 heteroatoms. The summed E-state index contributed by atoms with van der Waals surface area (Å²) < 4.78 is 22.5. The van der Waals surface area contributed by atoms with Gasteiger partial charge in [-0.2, -0.15) is 0 Å². The highest BCUT2D eigenvalue weighted by Gasteiger charge is 2.34. The first-order chi connectivity index (χ1) is 5.91. The summed E-state index contributed by atoms with van der Waals surface area (Å²) in [7, 11) is -2.76. The van der Waals surface area contributed by atoms with Gasteiger partial charge in [-0.3, -0.25) is 0 Å². The van der Waals surface area contributed by atoms with Gasteiger partial charge in [-0.15, -0.1) is 0 Å². The first-order valence-corrected chi connectivity index (χ1v) is 6.66. The predicted octanol–water partition coefficient (Wildman–Crippen LogP) is 0.665. The Balaban J connectivity index is 2.44. The zero-order chi connectivity index (χ0) is 10.1. The molecule has 78 valence electrons. The van der Waals surface area contributed by atoms with Crippen molar-refractivity contribution in [3.63, 3.8) is 0 Å². The first kappa shape index (κ1) is 11.0. The highest BCUT2D eigenvalue weighted by Crippen LogP contribution is 2.18. The largest absolute Gasteiger partial charge is 0.312 e. The number of sulfone groups is 1. The zero-order valence-corrected chi connectivity index (χ0v) is 9.39. The van der Waals surface area contributed by atoms with Crippen molar-refractivity contribution in [3.8, 4) is 0 Å². The molecule has 1 aliphatic rings. The maximum atomic E-state index is 11.3. The third kappa shape index (κ3) is 3.27. The Bertz CT molecular complexity index is 259. The Morgan fingerprint density at radius 1 is 1.38 bits per heavy atom. The number of hydrogen-bond donors (Lipinski definition) is 1. The molecule has 3 nitrogen and oxygen atoms in total. The van der Waals surface area contributed by atoms with Gasteiger partial charge in [-0.05, 0) is 18.4 Å². The summed E-state index contributed by atoms with van der Waals surface area (Å²) in [5.74, 6) is 1.52. The van der Waals surface area contributed by atoms with Gasteiger partial charge in [0, 0.05) is 6.04 Å². The lowest BCUT2D eigenvalue weighted by molar-refractivity contribution is 0.422. The molecule has 1 saturated heterocycles. The SMILES string of the molecule is CC(C)CN[C@@H]1CS(=O)(=O)C[C@H]1C. The van der Waals surface area contributed by atoms with Crippen molar-refractivity contribution < 1.29 is 8.42 Å². The van der Waals surface area contributed by atoms with Crippen molar-refractivity contribution in [2.75, 3.05) is 18.1 Å². The molecule has 2 atom stereocenters. The molecule has 0 aromatic heterocycles. The van der Waals surface area contributed by atoms with Crippen LogP contribution in [-0.2, 0) is 9.84 Å². The van der Waals surface area contributed by atoms with Gasteiger partial charge >= 0.3 is 0 Å². The minimum atomic E-state index is -2.76. The molecule has 0 amide bonds. The molecule has 1 fully saturated rings. The molecule has 1 heterocycles. The first-order valence-electron chi connectivity index (χ1n) is 4.84. The van der Waals surface area contributed by atoms with E-state index < -0.39 is 9.84 Å². The molecule has 0 spiro atoms. The van der Waals surface area contributed by atoms with Crippen molar-refractivity contribution in [1.82, 2.24) is 5.32 Å². The molecular formula is C9H19NO2S. The number of rotatable bonds is 3. The quantitative estimate of drug-likeness (QED) is 0.736. The molecule has 1 N–H and O–H groups in total. The van der Waals surface area contributed by atoms with Crippen LogP contribution in [0.3, 0.4) is 0 Å². The van der Waals surface area contributed by atoms with Crippen LogP contribution in [0.2, 0.25) is 0 Å². The molecule has 0 bridgehead atoms. The second kappa shape index (κ2) is 3.96. The Morgan fingerprint density at radius 3 is 2.38 bits per heavy atom. The van der Waals surface area contributed by atoms with Crippen LogP contribution in [0.5, 0.6) is 0 Å². The van der Waals surface area contributed by atoms with E-state index in [9.17, 15) is 8.42 Å². The van der Waals surface area contributed by atoms with Gasteiger partial charge in [0.25, 0.3) is 0 Å². The fraction of sp³-hybridized carbons (Fsp3) is 1.00. The van der Waals surface area contributed by atoms with Gasteiger partial charge < -0.3 is 5.32 Å². The Kier molecular flexibility index (Phi) is 3.35. The van der Waals surface area contributed by atoms with E-state index in [0.29, 0.717) is 17.4 Å². The summed E-state index contributed by atoms with van der Waals surface area (Å²) in [5, 5.41) is 3.31. The van der Waals surface area contributed by atoms with E-state index in [4.69, 9.17) is 0 Å². The van der Waals surface area contributed by atoms with Crippen LogP contribution in [0.4, 0.5) is 0 Å². The van der Waals surface area contributed by atoms with Crippen LogP contribution in [0.1, 0.15) is 20.8 Å². The topological polar surface area (TPSA) is 46.2 Å². The minimum Gasteiger partial charge on any atom is -0.312 e. The Labute approximate surface area is 80.8 Å². The zero-order valence-electron chi connectivity index (χ0n) is 8.58. The van der Waals surface area contributed by atoms with E-state index in [1.807, 2.05) is 6.92 Å². The van der Waals surface area contributed by atoms with Crippen LogP contribution < -0.4 is 5.32 Å². The molecular weight excluding hydrogens is 186 g/mol. The van der Waals surface area contributed by atoms with Crippen molar-refractivity contribution in [3.05, 3.63) is 0 Å². The number of hydrogen-bond acceptors (Lipinski definition) is 3. The molecule has 0 radical (unpaired) electrons. The Hall–Kier alpha value is -0.0900. The maximum absolute atomic E-state index is 11.3. The van der Waals surface area contributed by atoms with Crippen molar-refractivity contribution in [2.24, 2.45) is 11.8 Å². The summed E-state index contributed by atoms with van der Waals surface area (Å²) in [6, 6.07) is 0.174. The molecule has 1 rings (SSSR count). The van der Waals surface area contributed by atoms with Crippen LogP contribution in [-0.4, -0.2) is 32.5 Å². The monoisotopic (exact) mass is 205 g/mol. The summed E-state index contributed by atoms with van der Waals surface area (Å²) in [6.07, 6.45) is 0. The average molecular weight is 205 g/mol. The highest BCUT2D eigenvalue weighted by molar-refractivity contribution is 7.91. The summed E-state index contributed by atoms with van der Waals surface area (Å²) in [4.78, 5) is 0.